The lowest BCUT2D eigenvalue weighted by molar-refractivity contribution is -0.144. The number of halogens is 5. The van der Waals surface area contributed by atoms with Crippen LogP contribution in [0.25, 0.3) is 0 Å². The number of nitrogens with zero attached hydrogens (tertiary/aromatic N) is 1. The van der Waals surface area contributed by atoms with E-state index in [0.29, 0.717) is 0 Å². The van der Waals surface area contributed by atoms with Gasteiger partial charge < -0.3 is 9.47 Å². The van der Waals surface area contributed by atoms with Gasteiger partial charge in [0.2, 0.25) is 5.88 Å². The summed E-state index contributed by atoms with van der Waals surface area (Å²) in [7, 11) is 2.03. The standard InChI is InChI=1S/C11H10F5NO3/c1-19-6-3-5(4-7(18)20-2)8(10(12)13)9(17-6)11(14,15)16/h3,10H,4H2,1-2H3. The van der Waals surface area contributed by atoms with Crippen molar-refractivity contribution < 1.29 is 36.2 Å². The van der Waals surface area contributed by atoms with Crippen LogP contribution in [0.3, 0.4) is 0 Å². The quantitative estimate of drug-likeness (QED) is 0.633. The molecule has 4 nitrogen and oxygen atoms in total. The van der Waals surface area contributed by atoms with Gasteiger partial charge in [-0.05, 0) is 5.56 Å². The van der Waals surface area contributed by atoms with Gasteiger partial charge in [0.1, 0.15) is 0 Å². The largest absolute Gasteiger partial charge is 0.481 e. The van der Waals surface area contributed by atoms with Crippen LogP contribution in [0.5, 0.6) is 5.88 Å². The Morgan fingerprint density at radius 3 is 2.35 bits per heavy atom. The topological polar surface area (TPSA) is 48.4 Å². The molecule has 0 saturated carbocycles. The van der Waals surface area contributed by atoms with E-state index in [1.807, 2.05) is 0 Å². The Morgan fingerprint density at radius 2 is 1.95 bits per heavy atom. The summed E-state index contributed by atoms with van der Waals surface area (Å²) in [5.74, 6) is -1.46. The number of hydrogen-bond acceptors (Lipinski definition) is 4. The molecule has 0 aliphatic heterocycles. The molecule has 0 amide bonds. The minimum Gasteiger partial charge on any atom is -0.481 e. The summed E-state index contributed by atoms with van der Waals surface area (Å²) in [5.41, 5.74) is -3.65. The molecule has 0 unspecified atom stereocenters. The Kier molecular flexibility index (Phi) is 4.85. The lowest BCUT2D eigenvalue weighted by Crippen LogP contribution is -2.17. The van der Waals surface area contributed by atoms with Gasteiger partial charge in [-0.1, -0.05) is 0 Å². The molecule has 20 heavy (non-hydrogen) atoms. The number of esters is 1. The van der Waals surface area contributed by atoms with E-state index in [9.17, 15) is 26.7 Å². The predicted molar refractivity (Wildman–Crippen MR) is 56.5 cm³/mol. The number of pyridine rings is 1. The lowest BCUT2D eigenvalue weighted by atomic mass is 10.0. The van der Waals surface area contributed by atoms with Gasteiger partial charge in [0.05, 0.1) is 26.2 Å². The second-order valence-corrected chi connectivity index (χ2v) is 3.64. The molecular weight excluding hydrogens is 289 g/mol. The molecule has 0 aromatic carbocycles. The molecule has 0 fully saturated rings. The number of aromatic nitrogens is 1. The zero-order valence-corrected chi connectivity index (χ0v) is 10.4. The molecule has 1 aromatic heterocycles. The molecule has 0 N–H and O–H groups in total. The van der Waals surface area contributed by atoms with Crippen molar-refractivity contribution in [3.8, 4) is 5.88 Å². The minimum absolute atomic E-state index is 0.513. The van der Waals surface area contributed by atoms with Crippen LogP contribution in [-0.4, -0.2) is 25.2 Å². The zero-order valence-electron chi connectivity index (χ0n) is 10.4. The van der Waals surface area contributed by atoms with Crippen LogP contribution in [0.1, 0.15) is 23.2 Å². The zero-order chi connectivity index (χ0) is 15.5. The first-order valence-electron chi connectivity index (χ1n) is 5.20. The molecule has 112 valence electrons. The summed E-state index contributed by atoms with van der Waals surface area (Å²) in [5, 5.41) is 0. The molecule has 0 spiro atoms. The molecule has 0 bridgehead atoms. The van der Waals surface area contributed by atoms with Crippen molar-refractivity contribution in [1.82, 2.24) is 4.98 Å². The van der Waals surface area contributed by atoms with E-state index in [1.165, 1.54) is 0 Å². The van der Waals surface area contributed by atoms with Gasteiger partial charge in [0, 0.05) is 6.07 Å². The number of carbonyl (C=O) groups excluding carboxylic acids is 1. The van der Waals surface area contributed by atoms with Crippen LogP contribution in [0.15, 0.2) is 6.07 Å². The van der Waals surface area contributed by atoms with Gasteiger partial charge in [-0.25, -0.2) is 13.8 Å². The van der Waals surface area contributed by atoms with Crippen molar-refractivity contribution in [2.75, 3.05) is 14.2 Å². The second-order valence-electron chi connectivity index (χ2n) is 3.64. The van der Waals surface area contributed by atoms with Gasteiger partial charge in [-0.2, -0.15) is 13.2 Å². The molecule has 0 saturated heterocycles. The number of hydrogen-bond donors (Lipinski definition) is 0. The van der Waals surface area contributed by atoms with Crippen LogP contribution in [0, 0.1) is 0 Å². The van der Waals surface area contributed by atoms with Crippen LogP contribution in [-0.2, 0) is 22.1 Å². The van der Waals surface area contributed by atoms with Crippen LogP contribution >= 0.6 is 0 Å². The highest BCUT2D eigenvalue weighted by molar-refractivity contribution is 5.73. The highest BCUT2D eigenvalue weighted by atomic mass is 19.4. The van der Waals surface area contributed by atoms with Crippen molar-refractivity contribution in [1.29, 1.82) is 0 Å². The van der Waals surface area contributed by atoms with Crippen LogP contribution < -0.4 is 4.74 Å². The molecule has 0 aliphatic rings. The third-order valence-electron chi connectivity index (χ3n) is 2.38. The van der Waals surface area contributed by atoms with Gasteiger partial charge in [0.25, 0.3) is 6.43 Å². The van der Waals surface area contributed by atoms with E-state index < -0.39 is 47.7 Å². The van der Waals surface area contributed by atoms with Gasteiger partial charge >= 0.3 is 12.1 Å². The molecule has 0 radical (unpaired) electrons. The van der Waals surface area contributed by atoms with Gasteiger partial charge in [0.15, 0.2) is 5.69 Å². The summed E-state index contributed by atoms with van der Waals surface area (Å²) in [4.78, 5) is 14.1. The average molecular weight is 299 g/mol. The molecule has 1 aromatic rings. The van der Waals surface area contributed by atoms with Crippen molar-refractivity contribution in [2.24, 2.45) is 0 Å². The smallest absolute Gasteiger partial charge is 0.433 e. The molecule has 9 heteroatoms. The Morgan fingerprint density at radius 1 is 1.35 bits per heavy atom. The highest BCUT2D eigenvalue weighted by Gasteiger charge is 2.40. The third-order valence-corrected chi connectivity index (χ3v) is 2.38. The highest BCUT2D eigenvalue weighted by Crippen LogP contribution is 2.38. The fourth-order valence-electron chi connectivity index (χ4n) is 1.52. The number of methoxy groups -OCH3 is 2. The van der Waals surface area contributed by atoms with E-state index in [4.69, 9.17) is 0 Å². The van der Waals surface area contributed by atoms with Crippen molar-refractivity contribution in [2.45, 2.75) is 19.0 Å². The normalized spacial score (nSPS) is 11.6. The van der Waals surface area contributed by atoms with E-state index in [-0.39, 0.29) is 0 Å². The number of rotatable bonds is 4. The molecule has 1 heterocycles. The first kappa shape index (κ1) is 16.1. The van der Waals surface area contributed by atoms with E-state index in [1.54, 1.807) is 0 Å². The fraction of sp³-hybridized carbons (Fsp3) is 0.455. The molecule has 0 aliphatic carbocycles. The van der Waals surface area contributed by atoms with Gasteiger partial charge in [-0.15, -0.1) is 0 Å². The summed E-state index contributed by atoms with van der Waals surface area (Å²) < 4.78 is 72.8. The van der Waals surface area contributed by atoms with Crippen LogP contribution in [0.2, 0.25) is 0 Å². The summed E-state index contributed by atoms with van der Waals surface area (Å²) in [6.07, 6.45) is -9.27. The van der Waals surface area contributed by atoms with Crippen LogP contribution in [0.4, 0.5) is 22.0 Å². The average Bonchev–Trinajstić information content (AvgIpc) is 2.36. The number of ether oxygens (including phenoxy) is 2. The molecular formula is C11H10F5NO3. The Bertz CT molecular complexity index is 502. The first-order chi connectivity index (χ1) is 9.20. The third kappa shape index (κ3) is 3.55. The molecule has 1 rings (SSSR count). The Hall–Kier alpha value is -1.93. The van der Waals surface area contributed by atoms with E-state index >= 15 is 0 Å². The van der Waals surface area contributed by atoms with E-state index in [0.717, 1.165) is 20.3 Å². The first-order valence-corrected chi connectivity index (χ1v) is 5.20. The minimum atomic E-state index is -5.09. The maximum Gasteiger partial charge on any atom is 0.433 e. The van der Waals surface area contributed by atoms with Crippen molar-refractivity contribution >= 4 is 5.97 Å². The molecule has 0 atom stereocenters. The van der Waals surface area contributed by atoms with Gasteiger partial charge in [-0.3, -0.25) is 4.79 Å². The summed E-state index contributed by atoms with van der Waals surface area (Å²) in [6.45, 7) is 0. The maximum atomic E-state index is 12.9. The summed E-state index contributed by atoms with van der Waals surface area (Å²) >= 11 is 0. The number of carbonyl (C=O) groups is 1. The lowest BCUT2D eigenvalue weighted by Gasteiger charge is -2.16. The van der Waals surface area contributed by atoms with Crippen molar-refractivity contribution in [3.05, 3.63) is 22.9 Å². The fourth-order valence-corrected chi connectivity index (χ4v) is 1.52. The summed E-state index contributed by atoms with van der Waals surface area (Å²) in [6, 6.07) is 0.855. The Balaban J connectivity index is 3.50. The second kappa shape index (κ2) is 6.02. The number of alkyl halides is 5. The predicted octanol–water partition coefficient (Wildman–Crippen LogP) is 2.76. The Labute approximate surface area is 110 Å². The van der Waals surface area contributed by atoms with Crippen molar-refractivity contribution in [3.63, 3.8) is 0 Å². The van der Waals surface area contributed by atoms with E-state index in [2.05, 4.69) is 14.5 Å². The SMILES string of the molecule is COC(=O)Cc1cc(OC)nc(C(F)(F)F)c1C(F)F. The monoisotopic (exact) mass is 299 g/mol. The maximum absolute atomic E-state index is 12.9.